The van der Waals surface area contributed by atoms with Gasteiger partial charge in [0.2, 0.25) is 5.91 Å². The van der Waals surface area contributed by atoms with Crippen LogP contribution in [0.2, 0.25) is 0 Å². The van der Waals surface area contributed by atoms with Crippen LogP contribution in [-0.4, -0.2) is 67.6 Å². The summed E-state index contributed by atoms with van der Waals surface area (Å²) < 4.78 is 0. The molecule has 0 unspecified atom stereocenters. The van der Waals surface area contributed by atoms with Crippen molar-refractivity contribution < 1.29 is 4.79 Å². The second kappa shape index (κ2) is 7.30. The maximum Gasteiger partial charge on any atom is 0.239 e. The lowest BCUT2D eigenvalue weighted by atomic mass is 10.3. The molecular formula is C16H24N6O. The molecule has 2 heterocycles. The van der Waals surface area contributed by atoms with Crippen molar-refractivity contribution in [3.05, 3.63) is 24.4 Å². The third-order valence-electron chi connectivity index (χ3n) is 4.11. The van der Waals surface area contributed by atoms with E-state index in [9.17, 15) is 4.79 Å². The molecule has 0 bridgehead atoms. The van der Waals surface area contributed by atoms with Crippen LogP contribution in [0, 0.1) is 0 Å². The van der Waals surface area contributed by atoms with E-state index in [1.54, 1.807) is 7.05 Å². The summed E-state index contributed by atoms with van der Waals surface area (Å²) in [7, 11) is 1.76. The van der Waals surface area contributed by atoms with Gasteiger partial charge in [-0.3, -0.25) is 9.79 Å². The van der Waals surface area contributed by atoms with Gasteiger partial charge in [-0.2, -0.15) is 0 Å². The SMILES string of the molecule is CN=C(NCC(=O)NC1CC1)N1CCN(c2ccccn2)CC1. The molecule has 1 aromatic rings. The van der Waals surface area contributed by atoms with Crippen molar-refractivity contribution in [2.24, 2.45) is 4.99 Å². The Labute approximate surface area is 136 Å². The molecular weight excluding hydrogens is 292 g/mol. The molecule has 1 aromatic heterocycles. The van der Waals surface area contributed by atoms with Gasteiger partial charge in [0.05, 0.1) is 6.54 Å². The fourth-order valence-electron chi connectivity index (χ4n) is 2.69. The van der Waals surface area contributed by atoms with Gasteiger partial charge in [0.15, 0.2) is 5.96 Å². The Balaban J connectivity index is 1.46. The zero-order valence-electron chi connectivity index (χ0n) is 13.5. The Morgan fingerprint density at radius 2 is 2.09 bits per heavy atom. The molecule has 0 aromatic carbocycles. The molecule has 0 radical (unpaired) electrons. The minimum atomic E-state index is 0.0424. The number of nitrogens with one attached hydrogen (secondary N) is 2. The average molecular weight is 316 g/mol. The van der Waals surface area contributed by atoms with Gasteiger partial charge < -0.3 is 20.4 Å². The van der Waals surface area contributed by atoms with Gasteiger partial charge in [0.25, 0.3) is 0 Å². The molecule has 2 fully saturated rings. The second-order valence-corrected chi connectivity index (χ2v) is 5.90. The summed E-state index contributed by atoms with van der Waals surface area (Å²) in [5.41, 5.74) is 0. The molecule has 2 N–H and O–H groups in total. The number of carbonyl (C=O) groups excluding carboxylic acids is 1. The van der Waals surface area contributed by atoms with E-state index in [1.807, 2.05) is 24.4 Å². The highest BCUT2D eigenvalue weighted by atomic mass is 16.2. The van der Waals surface area contributed by atoms with Crippen molar-refractivity contribution in [2.45, 2.75) is 18.9 Å². The first-order chi connectivity index (χ1) is 11.3. The molecule has 1 aliphatic carbocycles. The number of amides is 1. The van der Waals surface area contributed by atoms with Gasteiger partial charge in [-0.15, -0.1) is 0 Å². The molecule has 1 saturated heterocycles. The number of anilines is 1. The zero-order chi connectivity index (χ0) is 16.1. The predicted molar refractivity (Wildman–Crippen MR) is 90.5 cm³/mol. The minimum absolute atomic E-state index is 0.0424. The third-order valence-corrected chi connectivity index (χ3v) is 4.11. The normalized spacial score (nSPS) is 18.7. The van der Waals surface area contributed by atoms with Crippen LogP contribution in [0.4, 0.5) is 5.82 Å². The summed E-state index contributed by atoms with van der Waals surface area (Å²) >= 11 is 0. The zero-order valence-corrected chi connectivity index (χ0v) is 13.5. The maximum atomic E-state index is 11.8. The molecule has 3 rings (SSSR count). The highest BCUT2D eigenvalue weighted by Gasteiger charge is 2.24. The Morgan fingerprint density at radius 1 is 1.30 bits per heavy atom. The molecule has 1 saturated carbocycles. The number of aromatic nitrogens is 1. The molecule has 1 aliphatic heterocycles. The van der Waals surface area contributed by atoms with Crippen molar-refractivity contribution in [2.75, 3.05) is 44.7 Å². The quantitative estimate of drug-likeness (QED) is 0.607. The van der Waals surface area contributed by atoms with E-state index in [1.165, 1.54) is 0 Å². The molecule has 0 spiro atoms. The number of rotatable bonds is 4. The van der Waals surface area contributed by atoms with E-state index in [0.717, 1.165) is 50.8 Å². The lowest BCUT2D eigenvalue weighted by Gasteiger charge is -2.37. The fraction of sp³-hybridized carbons (Fsp3) is 0.562. The van der Waals surface area contributed by atoms with Gasteiger partial charge in [-0.05, 0) is 25.0 Å². The summed E-state index contributed by atoms with van der Waals surface area (Å²) in [6.07, 6.45) is 4.03. The van der Waals surface area contributed by atoms with Crippen molar-refractivity contribution in [1.29, 1.82) is 0 Å². The van der Waals surface area contributed by atoms with Gasteiger partial charge in [-0.1, -0.05) is 6.07 Å². The smallest absolute Gasteiger partial charge is 0.239 e. The Morgan fingerprint density at radius 3 is 2.70 bits per heavy atom. The van der Waals surface area contributed by atoms with Crippen LogP contribution in [0.1, 0.15) is 12.8 Å². The first kappa shape index (κ1) is 15.6. The first-order valence-corrected chi connectivity index (χ1v) is 8.17. The van der Waals surface area contributed by atoms with Crippen LogP contribution in [-0.2, 0) is 4.79 Å². The minimum Gasteiger partial charge on any atom is -0.353 e. The largest absolute Gasteiger partial charge is 0.353 e. The molecule has 7 nitrogen and oxygen atoms in total. The van der Waals surface area contributed by atoms with Gasteiger partial charge in [-0.25, -0.2) is 4.98 Å². The first-order valence-electron chi connectivity index (χ1n) is 8.17. The molecule has 7 heteroatoms. The summed E-state index contributed by atoms with van der Waals surface area (Å²) in [5.74, 6) is 1.84. The summed E-state index contributed by atoms with van der Waals surface area (Å²) in [5, 5.41) is 6.13. The standard InChI is InChI=1S/C16H24N6O/c1-17-16(19-12-15(23)20-13-5-6-13)22-10-8-21(9-11-22)14-4-2-3-7-18-14/h2-4,7,13H,5-6,8-12H2,1H3,(H,17,19)(H,20,23). The van der Waals surface area contributed by atoms with Crippen LogP contribution in [0.3, 0.4) is 0 Å². The fourth-order valence-corrected chi connectivity index (χ4v) is 2.69. The monoisotopic (exact) mass is 316 g/mol. The van der Waals surface area contributed by atoms with Crippen molar-refractivity contribution in [3.8, 4) is 0 Å². The molecule has 1 amide bonds. The van der Waals surface area contributed by atoms with Gasteiger partial charge in [0.1, 0.15) is 5.82 Å². The predicted octanol–water partition coefficient (Wildman–Crippen LogP) is 0.0576. The van der Waals surface area contributed by atoms with Crippen LogP contribution in [0.25, 0.3) is 0 Å². The summed E-state index contributed by atoms with van der Waals surface area (Å²) in [6.45, 7) is 3.79. The molecule has 2 aliphatic rings. The number of hydrogen-bond acceptors (Lipinski definition) is 4. The number of carbonyl (C=O) groups is 1. The summed E-state index contributed by atoms with van der Waals surface area (Å²) in [4.78, 5) is 24.9. The van der Waals surface area contributed by atoms with E-state index < -0.39 is 0 Å². The summed E-state index contributed by atoms with van der Waals surface area (Å²) in [6, 6.07) is 6.37. The van der Waals surface area contributed by atoms with E-state index >= 15 is 0 Å². The van der Waals surface area contributed by atoms with Crippen LogP contribution >= 0.6 is 0 Å². The topological polar surface area (TPSA) is 72.9 Å². The van der Waals surface area contributed by atoms with Crippen molar-refractivity contribution >= 4 is 17.7 Å². The van der Waals surface area contributed by atoms with Gasteiger partial charge >= 0.3 is 0 Å². The number of aliphatic imine (C=N–C) groups is 1. The number of guanidine groups is 1. The second-order valence-electron chi connectivity index (χ2n) is 5.90. The highest BCUT2D eigenvalue weighted by molar-refractivity contribution is 5.86. The number of piperazine rings is 1. The molecule has 23 heavy (non-hydrogen) atoms. The van der Waals surface area contributed by atoms with Crippen molar-refractivity contribution in [1.82, 2.24) is 20.5 Å². The van der Waals surface area contributed by atoms with Crippen LogP contribution in [0.5, 0.6) is 0 Å². The third kappa shape index (κ3) is 4.34. The van der Waals surface area contributed by atoms with Crippen molar-refractivity contribution in [3.63, 3.8) is 0 Å². The Kier molecular flexibility index (Phi) is 4.95. The lowest BCUT2D eigenvalue weighted by Crippen LogP contribution is -2.54. The Bertz CT molecular complexity index is 549. The average Bonchev–Trinajstić information content (AvgIpc) is 3.41. The van der Waals surface area contributed by atoms with Gasteiger partial charge in [0, 0.05) is 45.5 Å². The highest BCUT2D eigenvalue weighted by Crippen LogP contribution is 2.18. The lowest BCUT2D eigenvalue weighted by molar-refractivity contribution is -0.120. The number of pyridine rings is 1. The number of nitrogens with zero attached hydrogens (tertiary/aromatic N) is 4. The Hall–Kier alpha value is -2.31. The maximum absolute atomic E-state index is 11.8. The molecule has 0 atom stereocenters. The van der Waals surface area contributed by atoms with E-state index in [4.69, 9.17) is 0 Å². The van der Waals surface area contributed by atoms with Crippen LogP contribution < -0.4 is 15.5 Å². The molecule has 124 valence electrons. The van der Waals surface area contributed by atoms with E-state index in [2.05, 4.69) is 30.4 Å². The van der Waals surface area contributed by atoms with E-state index in [-0.39, 0.29) is 12.5 Å². The number of hydrogen-bond donors (Lipinski definition) is 2. The van der Waals surface area contributed by atoms with E-state index in [0.29, 0.717) is 6.04 Å². The van der Waals surface area contributed by atoms with Crippen LogP contribution in [0.15, 0.2) is 29.4 Å².